The van der Waals surface area contributed by atoms with Gasteiger partial charge in [0.05, 0.1) is 5.75 Å². The molecule has 0 aliphatic carbocycles. The third-order valence-corrected chi connectivity index (χ3v) is 5.85. The zero-order valence-electron chi connectivity index (χ0n) is 15.2. The van der Waals surface area contributed by atoms with Crippen LogP contribution in [0.3, 0.4) is 0 Å². The van der Waals surface area contributed by atoms with Gasteiger partial charge in [0, 0.05) is 19.0 Å². The minimum Gasteiger partial charge on any atom is -0.455 e. The molecule has 0 spiro atoms. The summed E-state index contributed by atoms with van der Waals surface area (Å²) >= 11 is 1.49. The van der Waals surface area contributed by atoms with Crippen LogP contribution in [0.15, 0.2) is 52.3 Å². The number of aromatic nitrogens is 3. The summed E-state index contributed by atoms with van der Waals surface area (Å²) < 4.78 is 5.79. The van der Waals surface area contributed by atoms with Gasteiger partial charge in [0.25, 0.3) is 5.91 Å². The molecule has 1 aliphatic heterocycles. The molecule has 0 radical (unpaired) electrons. The van der Waals surface area contributed by atoms with Crippen molar-refractivity contribution in [3.63, 3.8) is 0 Å². The molecule has 1 atom stereocenters. The molecule has 0 bridgehead atoms. The Hall–Kier alpha value is -2.54. The van der Waals surface area contributed by atoms with E-state index >= 15 is 0 Å². The number of carbonyl (C=O) groups is 1. The van der Waals surface area contributed by atoms with Crippen LogP contribution >= 0.6 is 11.8 Å². The monoisotopic (exact) mass is 382 g/mol. The van der Waals surface area contributed by atoms with Crippen LogP contribution in [0.5, 0.6) is 0 Å². The number of aryl methyl sites for hydroxylation is 1. The molecule has 1 N–H and O–H groups in total. The van der Waals surface area contributed by atoms with Crippen LogP contribution in [0.25, 0.3) is 0 Å². The van der Waals surface area contributed by atoms with Crippen LogP contribution in [0.2, 0.25) is 0 Å². The first-order valence-corrected chi connectivity index (χ1v) is 10.1. The Balaban J connectivity index is 1.41. The zero-order valence-corrected chi connectivity index (χ0v) is 16.0. The SMILES string of the molecule is Cc1ccccc1[C@@H]1CCCN(C(=O)c2ccc(CSc3ncn[nH]3)o2)C1. The van der Waals surface area contributed by atoms with E-state index in [1.54, 1.807) is 6.07 Å². The summed E-state index contributed by atoms with van der Waals surface area (Å²) in [5.41, 5.74) is 2.64. The highest BCUT2D eigenvalue weighted by atomic mass is 32.2. The summed E-state index contributed by atoms with van der Waals surface area (Å²) in [7, 11) is 0. The number of aromatic amines is 1. The average Bonchev–Trinajstić information content (AvgIpc) is 3.38. The molecule has 1 aliphatic rings. The second-order valence-corrected chi connectivity index (χ2v) is 7.76. The Morgan fingerprint density at radius 3 is 3.04 bits per heavy atom. The number of nitrogens with zero attached hydrogens (tertiary/aromatic N) is 3. The number of hydrogen-bond donors (Lipinski definition) is 1. The molecule has 7 heteroatoms. The van der Waals surface area contributed by atoms with Crippen molar-refractivity contribution in [3.05, 3.63) is 65.4 Å². The first kappa shape index (κ1) is 17.9. The predicted molar refractivity (Wildman–Crippen MR) is 104 cm³/mol. The third kappa shape index (κ3) is 4.08. The van der Waals surface area contributed by atoms with Crippen molar-refractivity contribution in [2.45, 2.75) is 36.6 Å². The fraction of sp³-hybridized carbons (Fsp3) is 0.350. The second kappa shape index (κ2) is 8.00. The van der Waals surface area contributed by atoms with Gasteiger partial charge < -0.3 is 9.32 Å². The van der Waals surface area contributed by atoms with Crippen LogP contribution in [0.1, 0.15) is 46.2 Å². The topological polar surface area (TPSA) is 75.0 Å². The van der Waals surface area contributed by atoms with Crippen LogP contribution in [-0.2, 0) is 5.75 Å². The van der Waals surface area contributed by atoms with E-state index in [-0.39, 0.29) is 5.91 Å². The fourth-order valence-corrected chi connectivity index (χ4v) is 4.26. The quantitative estimate of drug-likeness (QED) is 0.675. The largest absolute Gasteiger partial charge is 0.455 e. The lowest BCUT2D eigenvalue weighted by molar-refractivity contribution is 0.0673. The van der Waals surface area contributed by atoms with E-state index in [1.165, 1.54) is 29.2 Å². The standard InChI is InChI=1S/C20H22N4O2S/c1-14-5-2-3-7-17(14)15-6-4-10-24(11-15)19(25)18-9-8-16(26-18)12-27-20-21-13-22-23-20/h2-3,5,7-9,13,15H,4,6,10-12H2,1H3,(H,21,22,23)/t15-/m1/s1. The molecule has 140 valence electrons. The lowest BCUT2D eigenvalue weighted by Crippen LogP contribution is -2.39. The number of H-pyrrole nitrogens is 1. The van der Waals surface area contributed by atoms with Crippen LogP contribution in [0.4, 0.5) is 0 Å². The van der Waals surface area contributed by atoms with Crippen molar-refractivity contribution in [1.82, 2.24) is 20.1 Å². The number of piperidine rings is 1. The van der Waals surface area contributed by atoms with Gasteiger partial charge in [-0.3, -0.25) is 9.89 Å². The number of benzene rings is 1. The average molecular weight is 382 g/mol. The third-order valence-electron chi connectivity index (χ3n) is 4.95. The lowest BCUT2D eigenvalue weighted by Gasteiger charge is -2.33. The van der Waals surface area contributed by atoms with E-state index in [1.807, 2.05) is 11.0 Å². The first-order valence-electron chi connectivity index (χ1n) is 9.12. The summed E-state index contributed by atoms with van der Waals surface area (Å²) in [5, 5.41) is 7.35. The number of hydrogen-bond acceptors (Lipinski definition) is 5. The molecule has 3 aromatic rings. The Labute approximate surface area is 162 Å². The molecule has 4 rings (SSSR count). The maximum atomic E-state index is 12.9. The maximum absolute atomic E-state index is 12.9. The van der Waals surface area contributed by atoms with Crippen LogP contribution in [0, 0.1) is 6.92 Å². The minimum absolute atomic E-state index is 0.0239. The lowest BCUT2D eigenvalue weighted by atomic mass is 9.88. The molecule has 1 fully saturated rings. The highest BCUT2D eigenvalue weighted by molar-refractivity contribution is 7.98. The maximum Gasteiger partial charge on any atom is 0.289 e. The molecule has 0 saturated carbocycles. The van der Waals surface area contributed by atoms with Crippen LogP contribution in [-0.4, -0.2) is 39.1 Å². The number of rotatable bonds is 5. The molecule has 1 aromatic carbocycles. The molecule has 27 heavy (non-hydrogen) atoms. The van der Waals surface area contributed by atoms with E-state index in [2.05, 4.69) is 46.4 Å². The van der Waals surface area contributed by atoms with Gasteiger partial charge >= 0.3 is 0 Å². The molecule has 2 aromatic heterocycles. The van der Waals surface area contributed by atoms with Gasteiger partial charge in [0.2, 0.25) is 0 Å². The van der Waals surface area contributed by atoms with Crippen molar-refractivity contribution < 1.29 is 9.21 Å². The number of furan rings is 1. The van der Waals surface area contributed by atoms with Gasteiger partial charge in [-0.15, -0.1) is 0 Å². The number of likely N-dealkylation sites (tertiary alicyclic amines) is 1. The fourth-order valence-electron chi connectivity index (χ4n) is 3.59. The predicted octanol–water partition coefficient (Wildman–Crippen LogP) is 4.02. The second-order valence-electron chi connectivity index (χ2n) is 6.79. The van der Waals surface area contributed by atoms with Gasteiger partial charge in [-0.25, -0.2) is 4.98 Å². The van der Waals surface area contributed by atoms with Crippen molar-refractivity contribution in [2.75, 3.05) is 13.1 Å². The van der Waals surface area contributed by atoms with Gasteiger partial charge in [-0.05, 0) is 43.0 Å². The summed E-state index contributed by atoms with van der Waals surface area (Å²) in [4.78, 5) is 18.9. The summed E-state index contributed by atoms with van der Waals surface area (Å²) in [5.74, 6) is 2.14. The van der Waals surface area contributed by atoms with Gasteiger partial charge in [-0.2, -0.15) is 5.10 Å². The molecular weight excluding hydrogens is 360 g/mol. The smallest absolute Gasteiger partial charge is 0.289 e. The Morgan fingerprint density at radius 2 is 2.22 bits per heavy atom. The van der Waals surface area contributed by atoms with Crippen LogP contribution < -0.4 is 0 Å². The molecule has 1 saturated heterocycles. The van der Waals surface area contributed by atoms with Crippen molar-refractivity contribution >= 4 is 17.7 Å². The highest BCUT2D eigenvalue weighted by Gasteiger charge is 2.27. The Kier molecular flexibility index (Phi) is 5.29. The number of thioether (sulfide) groups is 1. The Morgan fingerprint density at radius 1 is 1.33 bits per heavy atom. The van der Waals surface area contributed by atoms with Gasteiger partial charge in [0.1, 0.15) is 12.1 Å². The number of nitrogens with one attached hydrogen (secondary N) is 1. The highest BCUT2D eigenvalue weighted by Crippen LogP contribution is 2.30. The van der Waals surface area contributed by atoms with E-state index in [0.29, 0.717) is 17.4 Å². The summed E-state index contributed by atoms with van der Waals surface area (Å²) in [6.45, 7) is 3.66. The van der Waals surface area contributed by atoms with Gasteiger partial charge in [-0.1, -0.05) is 36.0 Å². The number of carbonyl (C=O) groups excluding carboxylic acids is 1. The molecule has 6 nitrogen and oxygen atoms in total. The normalized spacial score (nSPS) is 17.2. The minimum atomic E-state index is -0.0239. The van der Waals surface area contributed by atoms with E-state index < -0.39 is 0 Å². The van der Waals surface area contributed by atoms with E-state index in [0.717, 1.165) is 36.8 Å². The number of amides is 1. The van der Waals surface area contributed by atoms with Crippen molar-refractivity contribution in [2.24, 2.45) is 0 Å². The van der Waals surface area contributed by atoms with E-state index in [4.69, 9.17) is 4.42 Å². The zero-order chi connectivity index (χ0) is 18.6. The summed E-state index contributed by atoms with van der Waals surface area (Å²) in [6.07, 6.45) is 3.60. The molecule has 1 amide bonds. The van der Waals surface area contributed by atoms with Crippen molar-refractivity contribution in [1.29, 1.82) is 0 Å². The first-order chi connectivity index (χ1) is 13.2. The van der Waals surface area contributed by atoms with E-state index in [9.17, 15) is 4.79 Å². The Bertz CT molecular complexity index is 906. The molecular formula is C20H22N4O2S. The van der Waals surface area contributed by atoms with Gasteiger partial charge in [0.15, 0.2) is 10.9 Å². The molecule has 0 unspecified atom stereocenters. The molecule has 3 heterocycles. The summed E-state index contributed by atoms with van der Waals surface area (Å²) in [6, 6.07) is 12.1. The van der Waals surface area contributed by atoms with Crippen molar-refractivity contribution in [3.8, 4) is 0 Å².